The molecule has 2 aliphatic carbocycles. The van der Waals surface area contributed by atoms with Gasteiger partial charge in [-0.05, 0) is 148 Å². The highest BCUT2D eigenvalue weighted by atomic mass is 15.0. The Bertz CT molecular complexity index is 4220. The highest BCUT2D eigenvalue weighted by molar-refractivity contribution is 6.18. The first-order valence-corrected chi connectivity index (χ1v) is 28.4. The Hall–Kier alpha value is -8.99. The molecule has 9 aromatic carbocycles. The van der Waals surface area contributed by atoms with Crippen molar-refractivity contribution in [3.8, 4) is 39.1 Å². The lowest BCUT2D eigenvalue weighted by molar-refractivity contribution is 0.557. The van der Waals surface area contributed by atoms with Gasteiger partial charge in [0.2, 0.25) is 0 Å². The van der Waals surface area contributed by atoms with Crippen molar-refractivity contribution in [2.24, 2.45) is 10.7 Å². The topological polar surface area (TPSA) is 48.2 Å². The molecule has 4 heteroatoms. The van der Waals surface area contributed by atoms with E-state index in [1.54, 1.807) is 0 Å². The van der Waals surface area contributed by atoms with E-state index < -0.39 is 0 Å². The third-order valence-corrected chi connectivity index (χ3v) is 17.3. The summed E-state index contributed by atoms with van der Waals surface area (Å²) >= 11 is 0. The third kappa shape index (κ3) is 8.86. The second kappa shape index (κ2) is 21.1. The Morgan fingerprint density at radius 1 is 0.646 bits per heavy atom. The first kappa shape index (κ1) is 49.6. The number of nitrogens with zero attached hydrogens (tertiary/aromatic N) is 3. The van der Waals surface area contributed by atoms with E-state index in [4.69, 9.17) is 10.7 Å². The SMILES string of the molecule is C/C=C(/N=C(C/C(CC)=C(\N)CC1c2c(cc(-n3c4ccccc4c4ccccc43)c3c4ccccc4n(C(C)c4ccccc4)c23)-c2ccccc2C1C)C1=CC=CCC1)c1ccc(-c2cccc(-c3ccccc3)c2)cc1. The van der Waals surface area contributed by atoms with Crippen molar-refractivity contribution >= 4 is 55.0 Å². The number of fused-ring (bicyclic) bond motifs is 10. The van der Waals surface area contributed by atoms with Gasteiger partial charge in [-0.3, -0.25) is 4.99 Å². The maximum Gasteiger partial charge on any atom is 0.0662 e. The summed E-state index contributed by atoms with van der Waals surface area (Å²) in [5.74, 6) is 0.251. The summed E-state index contributed by atoms with van der Waals surface area (Å²) in [6.45, 7) is 9.22. The molecule has 4 nitrogen and oxygen atoms in total. The number of nitrogens with two attached hydrogens (primary N) is 1. The zero-order valence-corrected chi connectivity index (χ0v) is 45.7. The van der Waals surface area contributed by atoms with Crippen molar-refractivity contribution in [2.75, 3.05) is 0 Å². The van der Waals surface area contributed by atoms with Gasteiger partial charge >= 0.3 is 0 Å². The average molecular weight is 1020 g/mol. The molecular formula is C75H66N4. The molecule has 79 heavy (non-hydrogen) atoms. The van der Waals surface area contributed by atoms with E-state index in [2.05, 4.69) is 273 Å². The third-order valence-electron chi connectivity index (χ3n) is 17.3. The van der Waals surface area contributed by atoms with Gasteiger partial charge in [0, 0.05) is 44.9 Å². The van der Waals surface area contributed by atoms with Crippen LogP contribution in [0.15, 0.2) is 258 Å². The van der Waals surface area contributed by atoms with E-state index in [-0.39, 0.29) is 17.9 Å². The van der Waals surface area contributed by atoms with E-state index in [1.165, 1.54) is 111 Å². The zero-order valence-electron chi connectivity index (χ0n) is 45.7. The standard InChI is InChI=1S/C75H66N4/c1-5-51(46-68(55-29-14-9-15-30-55)77-67(6-2)56-43-41-54(42-44-56)58-32-24-31-57(45-58)53-27-12-8-13-28-53)66(76)47-64-49(3)59-33-16-17-34-60(59)65-48-72(79-69-38-21-18-35-61(69)62-36-19-22-39-70(62)79)74-63-37-20-23-40-71(63)78(75(74)73(64)65)50(4)52-25-10-7-11-26-52/h6-14,16-29,31-45,48-50,64H,5,15,30,46-47,76H2,1-4H3/b66-51-,67-6+,77-68?. The lowest BCUT2D eigenvalue weighted by Crippen LogP contribution is -2.21. The van der Waals surface area contributed by atoms with Crippen LogP contribution < -0.4 is 5.73 Å². The fraction of sp³-hybridized carbons (Fsp3) is 0.160. The minimum absolute atomic E-state index is 0.0350. The minimum atomic E-state index is 0.0350. The van der Waals surface area contributed by atoms with Crippen molar-refractivity contribution in [2.45, 2.75) is 77.7 Å². The highest BCUT2D eigenvalue weighted by Crippen LogP contribution is 2.55. The molecule has 2 heterocycles. The molecule has 0 amide bonds. The predicted octanol–water partition coefficient (Wildman–Crippen LogP) is 19.9. The number of rotatable bonds is 13. The van der Waals surface area contributed by atoms with Crippen molar-refractivity contribution in [1.29, 1.82) is 0 Å². The molecule has 2 aliphatic rings. The Morgan fingerprint density at radius 2 is 1.25 bits per heavy atom. The summed E-state index contributed by atoms with van der Waals surface area (Å²) in [6, 6.07) is 78.1. The highest BCUT2D eigenvalue weighted by Gasteiger charge is 2.37. The number of hydrogen-bond acceptors (Lipinski definition) is 2. The van der Waals surface area contributed by atoms with Gasteiger partial charge in [0.25, 0.3) is 0 Å². The normalized spacial score (nSPS) is 16.3. The van der Waals surface area contributed by atoms with Crippen molar-refractivity contribution < 1.29 is 0 Å². The fourth-order valence-corrected chi connectivity index (χ4v) is 13.2. The van der Waals surface area contributed by atoms with Gasteiger partial charge in [-0.15, -0.1) is 0 Å². The molecule has 2 aromatic heterocycles. The number of aromatic nitrogens is 2. The molecule has 0 aliphatic heterocycles. The Labute approximate surface area is 464 Å². The number of para-hydroxylation sites is 3. The van der Waals surface area contributed by atoms with Crippen LogP contribution in [-0.2, 0) is 0 Å². The summed E-state index contributed by atoms with van der Waals surface area (Å²) in [5.41, 5.74) is 32.0. The number of aliphatic imine (C=N–C) groups is 1. The van der Waals surface area contributed by atoms with Crippen LogP contribution in [0.5, 0.6) is 0 Å². The van der Waals surface area contributed by atoms with Crippen LogP contribution >= 0.6 is 0 Å². The van der Waals surface area contributed by atoms with Gasteiger partial charge in [0.05, 0.1) is 34.0 Å². The molecule has 2 N–H and O–H groups in total. The minimum Gasteiger partial charge on any atom is -0.402 e. The molecule has 3 atom stereocenters. The summed E-state index contributed by atoms with van der Waals surface area (Å²) in [6.07, 6.45) is 13.1. The van der Waals surface area contributed by atoms with Gasteiger partial charge < -0.3 is 14.9 Å². The zero-order chi connectivity index (χ0) is 53.6. The smallest absolute Gasteiger partial charge is 0.0662 e. The molecule has 13 rings (SSSR count). The molecule has 3 unspecified atom stereocenters. The summed E-state index contributed by atoms with van der Waals surface area (Å²) in [4.78, 5) is 5.62. The maximum atomic E-state index is 7.78. The Balaban J connectivity index is 0.960. The summed E-state index contributed by atoms with van der Waals surface area (Å²) < 4.78 is 5.22. The molecule has 0 saturated carbocycles. The molecule has 386 valence electrons. The van der Waals surface area contributed by atoms with Gasteiger partial charge in [-0.25, -0.2) is 0 Å². The van der Waals surface area contributed by atoms with Gasteiger partial charge in [-0.2, -0.15) is 0 Å². The van der Waals surface area contributed by atoms with E-state index in [0.29, 0.717) is 12.8 Å². The number of hydrogen-bond donors (Lipinski definition) is 1. The van der Waals surface area contributed by atoms with E-state index in [1.807, 2.05) is 0 Å². The molecule has 0 radical (unpaired) electrons. The van der Waals surface area contributed by atoms with Crippen LogP contribution in [0.25, 0.3) is 88.4 Å². The van der Waals surface area contributed by atoms with Crippen LogP contribution in [0.1, 0.15) is 99.9 Å². The molecule has 0 fully saturated rings. The van der Waals surface area contributed by atoms with Crippen LogP contribution in [0.3, 0.4) is 0 Å². The lowest BCUT2D eigenvalue weighted by Gasteiger charge is -2.36. The van der Waals surface area contributed by atoms with Crippen LogP contribution in [0.4, 0.5) is 0 Å². The monoisotopic (exact) mass is 1020 g/mol. The first-order chi connectivity index (χ1) is 38.9. The predicted molar refractivity (Wildman–Crippen MR) is 336 cm³/mol. The van der Waals surface area contributed by atoms with Crippen LogP contribution in [0, 0.1) is 0 Å². The number of benzene rings is 9. The van der Waals surface area contributed by atoms with Crippen LogP contribution in [0.2, 0.25) is 0 Å². The van der Waals surface area contributed by atoms with Gasteiger partial charge in [0.15, 0.2) is 0 Å². The van der Waals surface area contributed by atoms with E-state index in [0.717, 1.165) is 41.9 Å². The van der Waals surface area contributed by atoms with Crippen molar-refractivity contribution in [1.82, 2.24) is 9.13 Å². The number of allylic oxidation sites excluding steroid dienone is 7. The van der Waals surface area contributed by atoms with Crippen LogP contribution in [-0.4, -0.2) is 14.8 Å². The second-order valence-corrected chi connectivity index (χ2v) is 21.7. The average Bonchev–Trinajstić information content (AvgIpc) is 3.35. The molecule has 11 aromatic rings. The molecule has 0 saturated heterocycles. The Morgan fingerprint density at radius 3 is 1.92 bits per heavy atom. The largest absolute Gasteiger partial charge is 0.402 e. The maximum absolute atomic E-state index is 7.78. The molecule has 0 spiro atoms. The van der Waals surface area contributed by atoms with Crippen molar-refractivity contribution in [3.05, 3.63) is 276 Å². The molecular weight excluding hydrogens is 957 g/mol. The lowest BCUT2D eigenvalue weighted by atomic mass is 9.69. The van der Waals surface area contributed by atoms with Gasteiger partial charge in [-0.1, -0.05) is 220 Å². The first-order valence-electron chi connectivity index (χ1n) is 28.4. The van der Waals surface area contributed by atoms with Gasteiger partial charge in [0.1, 0.15) is 0 Å². The molecule has 0 bridgehead atoms. The Kier molecular flexibility index (Phi) is 13.2. The second-order valence-electron chi connectivity index (χ2n) is 21.7. The summed E-state index contributed by atoms with van der Waals surface area (Å²) in [7, 11) is 0. The van der Waals surface area contributed by atoms with E-state index in [9.17, 15) is 0 Å². The quantitative estimate of drug-likeness (QED) is 0.115. The summed E-state index contributed by atoms with van der Waals surface area (Å²) in [5, 5.41) is 5.04. The van der Waals surface area contributed by atoms with E-state index >= 15 is 0 Å². The fourth-order valence-electron chi connectivity index (χ4n) is 13.2. The van der Waals surface area contributed by atoms with Crippen molar-refractivity contribution in [3.63, 3.8) is 0 Å².